The van der Waals surface area contributed by atoms with E-state index in [1.165, 1.54) is 88.6 Å². The van der Waals surface area contributed by atoms with E-state index in [9.17, 15) is 0 Å². The molecule has 0 atom stereocenters. The maximum absolute atomic E-state index is 6.45. The van der Waals surface area contributed by atoms with E-state index in [4.69, 9.17) is 18.9 Å². The maximum atomic E-state index is 6.45. The number of rotatable bonds is 34. The average Bonchev–Trinajstić information content (AvgIpc) is 2.99. The second-order valence-electron chi connectivity index (χ2n) is 11.4. The van der Waals surface area contributed by atoms with Gasteiger partial charge < -0.3 is 18.9 Å². The van der Waals surface area contributed by atoms with Crippen LogP contribution in [0.5, 0.6) is 0 Å². The van der Waals surface area contributed by atoms with Crippen LogP contribution >= 0.6 is 31.4 Å². The van der Waals surface area contributed by atoms with E-state index in [0.29, 0.717) is 0 Å². The van der Waals surface area contributed by atoms with Crippen molar-refractivity contribution in [1.29, 1.82) is 0 Å². The summed E-state index contributed by atoms with van der Waals surface area (Å²) in [4.78, 5) is 0. The Balaban J connectivity index is 4.23. The van der Waals surface area contributed by atoms with Crippen LogP contribution in [0.4, 0.5) is 0 Å². The normalized spacial score (nSPS) is 13.0. The Bertz CT molecular complexity index is 467. The molecule has 0 spiro atoms. The van der Waals surface area contributed by atoms with E-state index in [0.717, 1.165) is 65.0 Å². The summed E-state index contributed by atoms with van der Waals surface area (Å²) in [7, 11) is 5.22. The van der Waals surface area contributed by atoms with E-state index in [1.807, 2.05) is 31.4 Å². The second-order valence-corrected chi connectivity index (χ2v) is 19.4. The minimum atomic E-state index is -0.407. The van der Waals surface area contributed by atoms with Crippen molar-refractivity contribution in [2.45, 2.75) is 167 Å². The Kier molecular flexibility index (Phi) is 32.3. The van der Waals surface area contributed by atoms with Gasteiger partial charge in [-0.1, -0.05) is 114 Å². The smallest absolute Gasteiger partial charge is 0.144 e. The lowest BCUT2D eigenvalue weighted by atomic mass is 10.2. The first-order valence-electron chi connectivity index (χ1n) is 17.5. The summed E-state index contributed by atoms with van der Waals surface area (Å²) in [6, 6.07) is 0. The first-order valence-corrected chi connectivity index (χ1v) is 25.6. The molecule has 248 valence electrons. The van der Waals surface area contributed by atoms with Gasteiger partial charge in [0.15, 0.2) is 0 Å². The van der Waals surface area contributed by atoms with Crippen LogP contribution in [-0.2, 0) is 18.9 Å². The Morgan fingerprint density at radius 1 is 0.439 bits per heavy atom. The molecule has 0 aliphatic rings. The summed E-state index contributed by atoms with van der Waals surface area (Å²) in [5.41, 5.74) is -0.464. The van der Waals surface area contributed by atoms with Gasteiger partial charge in [0.05, 0.1) is 19.0 Å². The first kappa shape index (κ1) is 42.3. The van der Waals surface area contributed by atoms with Crippen molar-refractivity contribution in [1.82, 2.24) is 0 Å². The molecule has 0 rings (SSSR count). The zero-order chi connectivity index (χ0) is 30.3. The fourth-order valence-electron chi connectivity index (χ4n) is 4.79. The predicted octanol–water partition coefficient (Wildman–Crippen LogP) is 9.93. The lowest BCUT2D eigenvalue weighted by molar-refractivity contribution is -0.186. The van der Waals surface area contributed by atoms with Gasteiger partial charge in [0.1, 0.15) is 10.8 Å². The number of hydrogen-bond donors (Lipinski definition) is 0. The van der Waals surface area contributed by atoms with Gasteiger partial charge in [-0.15, -0.1) is 0 Å². The van der Waals surface area contributed by atoms with Crippen molar-refractivity contribution >= 4 is 50.5 Å². The van der Waals surface area contributed by atoms with Crippen molar-refractivity contribution in [3.05, 3.63) is 0 Å². The highest BCUT2D eigenvalue weighted by Gasteiger charge is 2.30. The molecule has 0 aliphatic carbocycles. The van der Waals surface area contributed by atoms with E-state index in [2.05, 4.69) is 40.8 Å². The van der Waals surface area contributed by atoms with Gasteiger partial charge in [-0.3, -0.25) is 0 Å². The first-order chi connectivity index (χ1) is 20.1. The van der Waals surface area contributed by atoms with Crippen molar-refractivity contribution < 1.29 is 18.9 Å². The van der Waals surface area contributed by atoms with Crippen molar-refractivity contribution in [3.63, 3.8) is 0 Å². The highest BCUT2D eigenvalue weighted by atomic mass is 33.5. The Labute approximate surface area is 273 Å². The van der Waals surface area contributed by atoms with Gasteiger partial charge in [-0.25, -0.2) is 0 Å². The molecule has 41 heavy (non-hydrogen) atoms. The number of unbranched alkanes of at least 4 members (excludes halogenated alkanes) is 10. The fraction of sp³-hybridized carbons (Fsp3) is 1.00. The second kappa shape index (κ2) is 31.3. The molecule has 0 saturated carbocycles. The van der Waals surface area contributed by atoms with Crippen LogP contribution in [0, 0.1) is 0 Å². The maximum Gasteiger partial charge on any atom is 0.144 e. The lowest BCUT2D eigenvalue weighted by Crippen LogP contribution is -2.42. The quantitative estimate of drug-likeness (QED) is 0.0292. The molecule has 0 saturated heterocycles. The molecule has 0 N–H and O–H groups in total. The monoisotopic (exact) mass is 670 g/mol. The van der Waals surface area contributed by atoms with E-state index < -0.39 is 19.0 Å². The minimum Gasteiger partial charge on any atom is -0.354 e. The summed E-state index contributed by atoms with van der Waals surface area (Å²) in [5, 5.41) is 0. The largest absolute Gasteiger partial charge is 0.354 e. The van der Waals surface area contributed by atoms with Crippen LogP contribution in [0.25, 0.3) is 0 Å². The third kappa shape index (κ3) is 24.3. The number of ether oxygens (including phenoxy) is 4. The topological polar surface area (TPSA) is 36.9 Å². The predicted molar refractivity (Wildman–Crippen MR) is 196 cm³/mol. The van der Waals surface area contributed by atoms with E-state index >= 15 is 0 Å². The molecular weight excluding hydrogens is 601 g/mol. The highest BCUT2D eigenvalue weighted by molar-refractivity contribution is 9.09. The summed E-state index contributed by atoms with van der Waals surface area (Å²) < 4.78 is 25.8. The van der Waals surface area contributed by atoms with E-state index in [-0.39, 0.29) is 10.8 Å². The molecule has 0 aromatic rings. The molecule has 0 bridgehead atoms. The highest BCUT2D eigenvalue weighted by Crippen LogP contribution is 2.36. The molecule has 0 aromatic carbocycles. The van der Waals surface area contributed by atoms with Crippen LogP contribution in [0.1, 0.15) is 143 Å². The lowest BCUT2D eigenvalue weighted by Gasteiger charge is -2.33. The minimum absolute atomic E-state index is 0.232. The molecule has 0 aromatic heterocycles. The van der Waals surface area contributed by atoms with Crippen molar-refractivity contribution in [2.75, 3.05) is 37.9 Å². The Hall–Kier alpha value is 1.32. The summed E-state index contributed by atoms with van der Waals surface area (Å²) in [6.07, 6.45) is 21.7. The van der Waals surface area contributed by atoms with Gasteiger partial charge in [0.2, 0.25) is 0 Å². The average molecular weight is 671 g/mol. The Morgan fingerprint density at radius 3 is 1.02 bits per heavy atom. The SMILES string of the molecule is CCCCCOC(CCCCSSSCCCCC(OCCCCC)(OCCCCC)[SiH2]C)(OCCCCC)[SiH2]C. The molecule has 0 unspecified atom stereocenters. The van der Waals surface area contributed by atoms with Gasteiger partial charge in [0, 0.05) is 37.9 Å². The van der Waals surface area contributed by atoms with Gasteiger partial charge in [0.25, 0.3) is 0 Å². The molecule has 9 heteroatoms. The molecular formula is C32H70O4S3Si2. The Morgan fingerprint density at radius 2 is 0.756 bits per heavy atom. The van der Waals surface area contributed by atoms with Crippen LogP contribution in [-0.4, -0.2) is 67.8 Å². The zero-order valence-corrected chi connectivity index (χ0v) is 33.5. The zero-order valence-electron chi connectivity index (χ0n) is 28.2. The van der Waals surface area contributed by atoms with Gasteiger partial charge >= 0.3 is 0 Å². The van der Waals surface area contributed by atoms with Crippen LogP contribution in [0.3, 0.4) is 0 Å². The van der Waals surface area contributed by atoms with Crippen LogP contribution in [0.15, 0.2) is 0 Å². The molecule has 0 aliphatic heterocycles. The van der Waals surface area contributed by atoms with Gasteiger partial charge in [-0.05, 0) is 74.0 Å². The molecule has 0 amide bonds. The summed E-state index contributed by atoms with van der Waals surface area (Å²) >= 11 is 0. The van der Waals surface area contributed by atoms with Gasteiger partial charge in [-0.2, -0.15) is 0 Å². The third-order valence-corrected chi connectivity index (χ3v) is 15.8. The van der Waals surface area contributed by atoms with E-state index in [1.54, 1.807) is 0 Å². The number of hydrogen-bond acceptors (Lipinski definition) is 7. The molecule has 0 radical (unpaired) electrons. The molecule has 4 nitrogen and oxygen atoms in total. The molecule has 0 fully saturated rings. The molecule has 0 heterocycles. The fourth-order valence-corrected chi connectivity index (χ4v) is 11.4. The summed E-state index contributed by atoms with van der Waals surface area (Å²) in [5.74, 6) is 2.43. The standard InChI is InChI=1S/C32H70O4S3Si2/c1-7-11-17-25-33-31(40-5,34-26-18-12-8-2)23-15-21-29-37-39-38-30-22-16-24-32(41-6,35-27-19-13-9-3)36-28-20-14-10-4/h7-30,40-41H2,1-6H3. The van der Waals surface area contributed by atoms with Crippen LogP contribution < -0.4 is 0 Å². The van der Waals surface area contributed by atoms with Crippen molar-refractivity contribution in [3.8, 4) is 0 Å². The van der Waals surface area contributed by atoms with Crippen LogP contribution in [0.2, 0.25) is 13.1 Å². The van der Waals surface area contributed by atoms with Crippen molar-refractivity contribution in [2.24, 2.45) is 0 Å². The third-order valence-electron chi connectivity index (χ3n) is 7.70. The summed E-state index contributed by atoms with van der Waals surface area (Å²) in [6.45, 7) is 17.2.